The van der Waals surface area contributed by atoms with Crippen LogP contribution in [0.15, 0.2) is 133 Å². The van der Waals surface area contributed by atoms with Gasteiger partial charge in [0.2, 0.25) is 17.7 Å². The first kappa shape index (κ1) is 62.8. The Kier molecular flexibility index (Phi) is 23.5. The van der Waals surface area contributed by atoms with Gasteiger partial charge in [-0.25, -0.2) is 9.59 Å². The molecule has 0 aliphatic carbocycles. The number of aliphatic hydroxyl groups is 2. The van der Waals surface area contributed by atoms with Gasteiger partial charge in [-0.1, -0.05) is 161 Å². The third-order valence-electron chi connectivity index (χ3n) is 15.5. The van der Waals surface area contributed by atoms with Crippen molar-refractivity contribution in [1.82, 2.24) is 41.7 Å². The van der Waals surface area contributed by atoms with Crippen molar-refractivity contribution in [1.29, 1.82) is 0 Å². The smallest absolute Gasteiger partial charge is 0.318 e. The number of carbonyl (C=O) groups excluding carboxylic acids is 6. The van der Waals surface area contributed by atoms with Gasteiger partial charge in [-0.3, -0.25) is 19.2 Å². The molecule has 7 rings (SSSR count). The maximum absolute atomic E-state index is 14.2. The number of carbonyl (C=O) groups is 6. The van der Waals surface area contributed by atoms with Crippen LogP contribution in [0.25, 0.3) is 0 Å². The minimum absolute atomic E-state index is 0.0188. The van der Waals surface area contributed by atoms with Gasteiger partial charge in [0.25, 0.3) is 5.91 Å². The quantitative estimate of drug-likeness (QED) is 0.0260. The molecule has 17 heteroatoms. The van der Waals surface area contributed by atoms with E-state index >= 15 is 0 Å². The topological polar surface area (TPSA) is 231 Å². The number of nitrogens with one attached hydrogen (secondary N) is 6. The van der Waals surface area contributed by atoms with Crippen LogP contribution in [0.2, 0.25) is 0 Å². The van der Waals surface area contributed by atoms with Crippen molar-refractivity contribution in [2.75, 3.05) is 32.8 Å². The molecular weight excluding hydrogens is 1050 g/mol. The van der Waals surface area contributed by atoms with Crippen LogP contribution in [-0.4, -0.2) is 137 Å². The zero-order chi connectivity index (χ0) is 59.4. The number of aryl methyl sites for hydroxylation is 2. The molecule has 8 N–H and O–H groups in total. The third kappa shape index (κ3) is 18.9. The van der Waals surface area contributed by atoms with Gasteiger partial charge < -0.3 is 56.7 Å². The summed E-state index contributed by atoms with van der Waals surface area (Å²) in [6, 6.07) is 37.6. The highest BCUT2D eigenvalue weighted by molar-refractivity contribution is 5.89. The molecule has 2 saturated heterocycles. The number of ether oxygens (including phenoxy) is 1. The molecule has 83 heavy (non-hydrogen) atoms. The largest absolute Gasteiger partial charge is 0.483 e. The Morgan fingerprint density at radius 2 is 0.880 bits per heavy atom. The summed E-state index contributed by atoms with van der Waals surface area (Å²) >= 11 is 0. The Morgan fingerprint density at radius 3 is 1.24 bits per heavy atom. The van der Waals surface area contributed by atoms with Crippen molar-refractivity contribution < 1.29 is 43.7 Å². The molecule has 0 bridgehead atoms. The van der Waals surface area contributed by atoms with Crippen LogP contribution < -0.4 is 36.6 Å². The summed E-state index contributed by atoms with van der Waals surface area (Å²) in [6.07, 6.45) is 0.880. The molecule has 8 atom stereocenters. The van der Waals surface area contributed by atoms with E-state index in [4.69, 9.17) is 4.74 Å². The second-order valence-electron chi connectivity index (χ2n) is 23.1. The Bertz CT molecular complexity index is 2870. The van der Waals surface area contributed by atoms with Crippen LogP contribution in [0, 0.1) is 25.7 Å². The summed E-state index contributed by atoms with van der Waals surface area (Å²) in [5.41, 5.74) is 5.80. The van der Waals surface area contributed by atoms with E-state index in [1.807, 2.05) is 175 Å². The second kappa shape index (κ2) is 31.1. The van der Waals surface area contributed by atoms with E-state index in [0.717, 1.165) is 35.1 Å². The van der Waals surface area contributed by atoms with Crippen molar-refractivity contribution in [3.05, 3.63) is 172 Å². The SMILES string of the molecule is Cc1cc(CC(=O)N[C@@H](Cc2ccccc2)[C@@H](O)C[C@H](Cc2ccccc2)NC(=O)[C@H](C(C)C)N2CCCNC2=O)cc(C)c1OCC(=O)N[C@@H](Cc1ccccc1)[C@@H](O)C[C@H](Cc1ccccc1)NC(=O)[C@H](C(C)C)N1CCCNC1=O. The third-order valence-corrected chi connectivity index (χ3v) is 15.5. The van der Waals surface area contributed by atoms with Gasteiger partial charge in [0.15, 0.2) is 6.61 Å². The fourth-order valence-corrected chi connectivity index (χ4v) is 11.6. The highest BCUT2D eigenvalue weighted by Crippen LogP contribution is 2.26. The maximum Gasteiger partial charge on any atom is 0.318 e. The molecule has 5 aromatic rings. The Balaban J connectivity index is 1.02. The van der Waals surface area contributed by atoms with Gasteiger partial charge in [0, 0.05) is 38.3 Å². The average Bonchev–Trinajstić information content (AvgIpc) is 3.50. The lowest BCUT2D eigenvalue weighted by Crippen LogP contribution is -2.59. The lowest BCUT2D eigenvalue weighted by atomic mass is 9.92. The molecule has 444 valence electrons. The zero-order valence-corrected chi connectivity index (χ0v) is 49.0. The second-order valence-corrected chi connectivity index (χ2v) is 23.1. The van der Waals surface area contributed by atoms with Crippen LogP contribution in [0.1, 0.15) is 92.3 Å². The standard InChI is InChI=1S/C66H86N8O9/c1-43(2)60(73-31-19-29-67-65(73)81)63(79)69-52(35-47-21-11-7-12-22-47)40-56(75)54(37-49-25-15-9-16-26-49)71-58(77)39-51-33-45(5)62(46(6)34-51)83-42-59(78)72-55(38-50-27-17-10-18-28-50)57(76)41-53(36-48-23-13-8-14-24-48)70-64(80)61(44(3)4)74-32-20-30-68-66(74)82/h7-18,21-28,33-34,43-44,52-57,60-61,75-76H,19-20,29-32,35-42H2,1-6H3,(H,67,81)(H,68,82)(H,69,79)(H,70,80)(H,71,77)(H,72,78)/t52-,53-,54-,55-,56-,57-,60-,61-/m0/s1. The van der Waals surface area contributed by atoms with Gasteiger partial charge in [-0.05, 0) is 116 Å². The first-order valence-corrected chi connectivity index (χ1v) is 29.5. The fraction of sp³-hybridized carbons (Fsp3) is 0.455. The highest BCUT2D eigenvalue weighted by atomic mass is 16.5. The van der Waals surface area contributed by atoms with Crippen LogP contribution in [0.4, 0.5) is 9.59 Å². The molecule has 0 spiro atoms. The summed E-state index contributed by atoms with van der Waals surface area (Å²) in [4.78, 5) is 85.5. The van der Waals surface area contributed by atoms with Crippen molar-refractivity contribution in [3.8, 4) is 5.75 Å². The number of hydrogen-bond donors (Lipinski definition) is 8. The monoisotopic (exact) mass is 1130 g/mol. The molecule has 17 nitrogen and oxygen atoms in total. The molecule has 2 fully saturated rings. The number of nitrogens with zero attached hydrogens (tertiary/aromatic N) is 2. The van der Waals surface area contributed by atoms with Gasteiger partial charge >= 0.3 is 12.1 Å². The van der Waals surface area contributed by atoms with E-state index in [9.17, 15) is 39.0 Å². The average molecular weight is 1140 g/mol. The number of amides is 8. The Labute approximate surface area is 489 Å². The Hall–Kier alpha value is -7.76. The first-order valence-electron chi connectivity index (χ1n) is 29.5. The minimum atomic E-state index is -1.11. The van der Waals surface area contributed by atoms with Crippen LogP contribution in [-0.2, 0) is 51.3 Å². The number of urea groups is 2. The normalized spacial score (nSPS) is 16.5. The molecular formula is C66H86N8O9. The van der Waals surface area contributed by atoms with Crippen LogP contribution in [0.5, 0.6) is 5.75 Å². The van der Waals surface area contributed by atoms with Gasteiger partial charge in [-0.15, -0.1) is 0 Å². The van der Waals surface area contributed by atoms with E-state index in [1.165, 1.54) is 0 Å². The summed E-state index contributed by atoms with van der Waals surface area (Å²) in [6.45, 7) is 13.0. The van der Waals surface area contributed by atoms with E-state index in [-0.39, 0.29) is 67.5 Å². The molecule has 8 amide bonds. The van der Waals surface area contributed by atoms with Crippen LogP contribution >= 0.6 is 0 Å². The van der Waals surface area contributed by atoms with Gasteiger partial charge in [-0.2, -0.15) is 0 Å². The highest BCUT2D eigenvalue weighted by Gasteiger charge is 2.38. The molecule has 0 unspecified atom stereocenters. The molecule has 0 saturated carbocycles. The van der Waals surface area contributed by atoms with Gasteiger partial charge in [0.1, 0.15) is 17.8 Å². The Morgan fingerprint density at radius 1 is 0.518 bits per heavy atom. The van der Waals surface area contributed by atoms with Crippen molar-refractivity contribution >= 4 is 35.7 Å². The summed E-state index contributed by atoms with van der Waals surface area (Å²) in [5.74, 6) is -1.28. The maximum atomic E-state index is 14.2. The summed E-state index contributed by atoms with van der Waals surface area (Å²) in [5, 5.41) is 42.5. The van der Waals surface area contributed by atoms with Crippen LogP contribution in [0.3, 0.4) is 0 Å². The molecule has 0 aromatic heterocycles. The zero-order valence-electron chi connectivity index (χ0n) is 49.0. The van der Waals surface area contributed by atoms with Crippen molar-refractivity contribution in [2.24, 2.45) is 11.8 Å². The van der Waals surface area contributed by atoms with Crippen molar-refractivity contribution in [3.63, 3.8) is 0 Å². The fourth-order valence-electron chi connectivity index (χ4n) is 11.6. The minimum Gasteiger partial charge on any atom is -0.483 e. The van der Waals surface area contributed by atoms with E-state index < -0.39 is 54.4 Å². The molecule has 2 aliphatic heterocycles. The lowest BCUT2D eigenvalue weighted by molar-refractivity contribution is -0.129. The first-order chi connectivity index (χ1) is 39.9. The van der Waals surface area contributed by atoms with E-state index in [2.05, 4.69) is 31.9 Å². The van der Waals surface area contributed by atoms with Gasteiger partial charge in [0.05, 0.1) is 30.7 Å². The number of hydrogen-bond acceptors (Lipinski definition) is 9. The summed E-state index contributed by atoms with van der Waals surface area (Å²) < 4.78 is 6.21. The summed E-state index contributed by atoms with van der Waals surface area (Å²) in [7, 11) is 0. The lowest BCUT2D eigenvalue weighted by Gasteiger charge is -2.37. The number of rotatable bonds is 29. The predicted molar refractivity (Wildman–Crippen MR) is 321 cm³/mol. The predicted octanol–water partition coefficient (Wildman–Crippen LogP) is 6.52. The van der Waals surface area contributed by atoms with E-state index in [1.54, 1.807) is 9.80 Å². The number of benzene rings is 5. The molecule has 0 radical (unpaired) electrons. The molecule has 2 aliphatic rings. The van der Waals surface area contributed by atoms with E-state index in [0.29, 0.717) is 74.3 Å². The van der Waals surface area contributed by atoms with Crippen molar-refractivity contribution in [2.45, 2.75) is 148 Å². The molecule has 2 heterocycles. The molecule has 5 aromatic carbocycles. The number of aliphatic hydroxyl groups excluding tert-OH is 2.